The summed E-state index contributed by atoms with van der Waals surface area (Å²) in [6.45, 7) is 4.03. The molecule has 0 bridgehead atoms. The SMILES string of the molecule is CCOC(=O)Cc1csc(NC(=O)c2ccc(CC)o2)n1. The maximum absolute atomic E-state index is 11.9. The minimum absolute atomic E-state index is 0.0982. The number of anilines is 1. The Balaban J connectivity index is 1.95. The van der Waals surface area contributed by atoms with Gasteiger partial charge in [-0.25, -0.2) is 4.98 Å². The number of nitrogens with one attached hydrogen (secondary N) is 1. The molecule has 7 heteroatoms. The van der Waals surface area contributed by atoms with Gasteiger partial charge in [-0.05, 0) is 19.1 Å². The van der Waals surface area contributed by atoms with Crippen LogP contribution in [0.2, 0.25) is 0 Å². The van der Waals surface area contributed by atoms with Gasteiger partial charge in [-0.2, -0.15) is 0 Å². The van der Waals surface area contributed by atoms with Crippen LogP contribution in [0.1, 0.15) is 35.9 Å². The van der Waals surface area contributed by atoms with Crippen molar-refractivity contribution in [2.45, 2.75) is 26.7 Å². The number of hydrogen-bond acceptors (Lipinski definition) is 6. The number of aryl methyl sites for hydroxylation is 1. The molecule has 0 fully saturated rings. The summed E-state index contributed by atoms with van der Waals surface area (Å²) in [5.74, 6) is 0.308. The minimum atomic E-state index is -0.355. The Morgan fingerprint density at radius 3 is 2.86 bits per heavy atom. The number of ether oxygens (including phenoxy) is 1. The topological polar surface area (TPSA) is 81.4 Å². The molecule has 0 aliphatic rings. The number of aromatic nitrogens is 1. The first-order chi connectivity index (χ1) is 10.1. The Hall–Kier alpha value is -2.15. The van der Waals surface area contributed by atoms with E-state index in [9.17, 15) is 9.59 Å². The average molecular weight is 308 g/mol. The summed E-state index contributed by atoms with van der Waals surface area (Å²) >= 11 is 1.25. The van der Waals surface area contributed by atoms with Crippen molar-refractivity contribution in [3.63, 3.8) is 0 Å². The van der Waals surface area contributed by atoms with Crippen LogP contribution in [0.3, 0.4) is 0 Å². The highest BCUT2D eigenvalue weighted by Crippen LogP contribution is 2.18. The summed E-state index contributed by atoms with van der Waals surface area (Å²) in [5.41, 5.74) is 0.572. The molecule has 6 nitrogen and oxygen atoms in total. The third-order valence-corrected chi connectivity index (χ3v) is 3.44. The van der Waals surface area contributed by atoms with Gasteiger partial charge in [-0.3, -0.25) is 14.9 Å². The van der Waals surface area contributed by atoms with Gasteiger partial charge in [0.15, 0.2) is 10.9 Å². The standard InChI is InChI=1S/C14H16N2O4S/c1-3-10-5-6-11(20-10)13(18)16-14-15-9(8-21-14)7-12(17)19-4-2/h5-6,8H,3-4,7H2,1-2H3,(H,15,16,18). The second-order valence-electron chi connectivity index (χ2n) is 4.20. The molecule has 0 saturated carbocycles. The monoisotopic (exact) mass is 308 g/mol. The van der Waals surface area contributed by atoms with E-state index in [2.05, 4.69) is 10.3 Å². The first-order valence-electron chi connectivity index (χ1n) is 6.62. The Morgan fingerprint density at radius 2 is 2.19 bits per heavy atom. The quantitative estimate of drug-likeness (QED) is 0.830. The third kappa shape index (κ3) is 4.16. The van der Waals surface area contributed by atoms with Crippen LogP contribution < -0.4 is 5.32 Å². The zero-order chi connectivity index (χ0) is 15.2. The summed E-state index contributed by atoms with van der Waals surface area (Å²) in [7, 11) is 0. The van der Waals surface area contributed by atoms with E-state index in [1.54, 1.807) is 24.4 Å². The van der Waals surface area contributed by atoms with E-state index >= 15 is 0 Å². The van der Waals surface area contributed by atoms with E-state index in [-0.39, 0.29) is 24.1 Å². The zero-order valence-electron chi connectivity index (χ0n) is 11.8. The molecule has 0 aromatic carbocycles. The summed E-state index contributed by atoms with van der Waals surface area (Å²) in [5, 5.41) is 4.78. The van der Waals surface area contributed by atoms with E-state index in [0.29, 0.717) is 17.4 Å². The van der Waals surface area contributed by atoms with Crippen molar-refractivity contribution in [3.05, 3.63) is 34.7 Å². The Kier molecular flexibility index (Phi) is 5.10. The summed E-state index contributed by atoms with van der Waals surface area (Å²) in [4.78, 5) is 27.5. The average Bonchev–Trinajstić information content (AvgIpc) is 3.08. The highest BCUT2D eigenvalue weighted by Gasteiger charge is 2.14. The molecule has 112 valence electrons. The molecule has 0 atom stereocenters. The third-order valence-electron chi connectivity index (χ3n) is 2.64. The van der Waals surface area contributed by atoms with Crippen LogP contribution in [-0.4, -0.2) is 23.5 Å². The molecule has 0 spiro atoms. The van der Waals surface area contributed by atoms with E-state index < -0.39 is 0 Å². The van der Waals surface area contributed by atoms with Gasteiger partial charge in [-0.15, -0.1) is 11.3 Å². The lowest BCUT2D eigenvalue weighted by molar-refractivity contribution is -0.142. The summed E-state index contributed by atoms with van der Waals surface area (Å²) < 4.78 is 10.2. The van der Waals surface area contributed by atoms with Gasteiger partial charge in [0.1, 0.15) is 5.76 Å². The lowest BCUT2D eigenvalue weighted by atomic mass is 10.3. The molecule has 0 aliphatic carbocycles. The predicted molar refractivity (Wildman–Crippen MR) is 78.5 cm³/mol. The molecule has 0 aliphatic heterocycles. The van der Waals surface area contributed by atoms with Gasteiger partial charge in [0.2, 0.25) is 0 Å². The number of nitrogens with zero attached hydrogens (tertiary/aromatic N) is 1. The lowest BCUT2D eigenvalue weighted by Crippen LogP contribution is -2.11. The van der Waals surface area contributed by atoms with E-state index in [1.807, 2.05) is 6.92 Å². The molecule has 1 N–H and O–H groups in total. The molecule has 2 aromatic rings. The number of amides is 1. The van der Waals surface area contributed by atoms with Gasteiger partial charge in [0, 0.05) is 11.8 Å². The highest BCUT2D eigenvalue weighted by molar-refractivity contribution is 7.14. The Bertz CT molecular complexity index is 632. The van der Waals surface area contributed by atoms with Gasteiger partial charge in [0.05, 0.1) is 18.7 Å². The lowest BCUT2D eigenvalue weighted by Gasteiger charge is -1.99. The van der Waals surface area contributed by atoms with Crippen LogP contribution in [0.5, 0.6) is 0 Å². The predicted octanol–water partition coefficient (Wildman–Crippen LogP) is 2.66. The molecule has 2 heterocycles. The number of hydrogen-bond donors (Lipinski definition) is 1. The van der Waals surface area contributed by atoms with E-state index in [4.69, 9.17) is 9.15 Å². The minimum Gasteiger partial charge on any atom is -0.466 e. The molecule has 2 rings (SSSR count). The molecule has 0 radical (unpaired) electrons. The van der Waals surface area contributed by atoms with Gasteiger partial charge in [-0.1, -0.05) is 6.92 Å². The number of thiazole rings is 1. The van der Waals surface area contributed by atoms with Crippen molar-refractivity contribution < 1.29 is 18.7 Å². The molecule has 2 aromatic heterocycles. The maximum Gasteiger partial charge on any atom is 0.311 e. The van der Waals surface area contributed by atoms with Crippen molar-refractivity contribution in [1.82, 2.24) is 4.98 Å². The second-order valence-corrected chi connectivity index (χ2v) is 5.06. The van der Waals surface area contributed by atoms with Gasteiger partial charge in [0.25, 0.3) is 5.91 Å². The van der Waals surface area contributed by atoms with Crippen molar-refractivity contribution in [1.29, 1.82) is 0 Å². The zero-order valence-corrected chi connectivity index (χ0v) is 12.7. The number of furan rings is 1. The van der Waals surface area contributed by atoms with Gasteiger partial charge < -0.3 is 9.15 Å². The van der Waals surface area contributed by atoms with Crippen LogP contribution >= 0.6 is 11.3 Å². The molecule has 0 saturated heterocycles. The fourth-order valence-electron chi connectivity index (χ4n) is 1.65. The fraction of sp³-hybridized carbons (Fsp3) is 0.357. The van der Waals surface area contributed by atoms with Crippen molar-refractivity contribution in [3.8, 4) is 0 Å². The van der Waals surface area contributed by atoms with Crippen LogP contribution in [0.4, 0.5) is 5.13 Å². The largest absolute Gasteiger partial charge is 0.466 e. The second kappa shape index (κ2) is 7.03. The smallest absolute Gasteiger partial charge is 0.311 e. The molecule has 21 heavy (non-hydrogen) atoms. The normalized spacial score (nSPS) is 10.4. The number of esters is 1. The number of carbonyl (C=O) groups excluding carboxylic acids is 2. The highest BCUT2D eigenvalue weighted by atomic mass is 32.1. The molecular weight excluding hydrogens is 292 g/mol. The molecule has 0 unspecified atom stereocenters. The summed E-state index contributed by atoms with van der Waals surface area (Å²) in [6.07, 6.45) is 0.829. The van der Waals surface area contributed by atoms with Crippen LogP contribution in [-0.2, 0) is 22.4 Å². The van der Waals surface area contributed by atoms with Crippen LogP contribution in [0.25, 0.3) is 0 Å². The van der Waals surface area contributed by atoms with Crippen LogP contribution in [0, 0.1) is 0 Å². The first-order valence-corrected chi connectivity index (χ1v) is 7.50. The van der Waals surface area contributed by atoms with Crippen molar-refractivity contribution in [2.75, 3.05) is 11.9 Å². The van der Waals surface area contributed by atoms with Crippen LogP contribution in [0.15, 0.2) is 21.9 Å². The first kappa shape index (κ1) is 15.2. The van der Waals surface area contributed by atoms with E-state index in [0.717, 1.165) is 12.2 Å². The Morgan fingerprint density at radius 1 is 1.38 bits per heavy atom. The molecular formula is C14H16N2O4S. The number of rotatable bonds is 6. The molecule has 1 amide bonds. The summed E-state index contributed by atoms with van der Waals surface area (Å²) in [6, 6.07) is 3.39. The van der Waals surface area contributed by atoms with E-state index in [1.165, 1.54) is 11.3 Å². The van der Waals surface area contributed by atoms with Gasteiger partial charge >= 0.3 is 5.97 Å². The number of carbonyl (C=O) groups is 2. The van der Waals surface area contributed by atoms with Crippen molar-refractivity contribution >= 4 is 28.3 Å². The van der Waals surface area contributed by atoms with Crippen molar-refractivity contribution in [2.24, 2.45) is 0 Å². The fourth-order valence-corrected chi connectivity index (χ4v) is 2.36. The maximum atomic E-state index is 11.9. The Labute approximate surface area is 126 Å².